The van der Waals surface area contributed by atoms with Gasteiger partial charge in [0.1, 0.15) is 6.17 Å². The molecule has 3 rings (SSSR count). The Morgan fingerprint density at radius 3 is 2.36 bits per heavy atom. The number of benzene rings is 1. The normalized spacial score (nSPS) is 18.3. The van der Waals surface area contributed by atoms with Crippen LogP contribution in [0.2, 0.25) is 0 Å². The number of rotatable bonds is 2. The standard InChI is InChI=1S/C17H13F3N2/c1-10-13(18)7-12(11-5-3-2-4-6-11)17(22-10)16-14(19)8-21-9-15(16)20/h2-6,8-9,13,22H,1,7H2. The van der Waals surface area contributed by atoms with Crippen molar-refractivity contribution in [1.82, 2.24) is 10.3 Å². The van der Waals surface area contributed by atoms with E-state index in [-0.39, 0.29) is 23.4 Å². The lowest BCUT2D eigenvalue weighted by molar-refractivity contribution is 0.374. The molecule has 1 unspecified atom stereocenters. The molecule has 1 aromatic heterocycles. The average molecular weight is 302 g/mol. The quantitative estimate of drug-likeness (QED) is 0.904. The zero-order chi connectivity index (χ0) is 15.7. The zero-order valence-electron chi connectivity index (χ0n) is 11.6. The molecule has 0 saturated carbocycles. The lowest BCUT2D eigenvalue weighted by atomic mass is 9.91. The van der Waals surface area contributed by atoms with E-state index in [2.05, 4.69) is 16.9 Å². The Labute approximate surface area is 126 Å². The minimum atomic E-state index is -1.31. The second-order valence-corrected chi connectivity index (χ2v) is 5.02. The fourth-order valence-electron chi connectivity index (χ4n) is 2.48. The Balaban J connectivity index is 2.24. The molecule has 0 aliphatic carbocycles. The maximum Gasteiger partial charge on any atom is 0.153 e. The van der Waals surface area contributed by atoms with E-state index < -0.39 is 17.8 Å². The molecule has 5 heteroatoms. The summed E-state index contributed by atoms with van der Waals surface area (Å²) < 4.78 is 42.1. The van der Waals surface area contributed by atoms with Gasteiger partial charge in [0.2, 0.25) is 0 Å². The van der Waals surface area contributed by atoms with Crippen molar-refractivity contribution >= 4 is 11.3 Å². The number of nitrogens with zero attached hydrogens (tertiary/aromatic N) is 1. The third kappa shape index (κ3) is 2.50. The van der Waals surface area contributed by atoms with Crippen LogP contribution in [0.4, 0.5) is 13.2 Å². The average Bonchev–Trinajstić information content (AvgIpc) is 2.51. The van der Waals surface area contributed by atoms with E-state index in [0.29, 0.717) is 11.1 Å². The second kappa shape index (κ2) is 5.67. The van der Waals surface area contributed by atoms with Gasteiger partial charge in [0.15, 0.2) is 11.6 Å². The van der Waals surface area contributed by atoms with Crippen LogP contribution in [0.5, 0.6) is 0 Å². The summed E-state index contributed by atoms with van der Waals surface area (Å²) in [7, 11) is 0. The maximum atomic E-state index is 14.0. The smallest absolute Gasteiger partial charge is 0.153 e. The topological polar surface area (TPSA) is 24.9 Å². The SMILES string of the molecule is C=C1NC(c2c(F)cncc2F)=C(c2ccccc2)CC1F. The Morgan fingerprint density at radius 2 is 1.73 bits per heavy atom. The summed E-state index contributed by atoms with van der Waals surface area (Å²) in [5, 5.41) is 2.72. The van der Waals surface area contributed by atoms with Gasteiger partial charge in [0.05, 0.1) is 23.7 Å². The van der Waals surface area contributed by atoms with Crippen molar-refractivity contribution in [2.24, 2.45) is 0 Å². The van der Waals surface area contributed by atoms with Crippen LogP contribution in [0.1, 0.15) is 17.5 Å². The van der Waals surface area contributed by atoms with E-state index in [1.807, 2.05) is 6.07 Å². The molecule has 0 bridgehead atoms. The van der Waals surface area contributed by atoms with E-state index >= 15 is 0 Å². The molecule has 1 N–H and O–H groups in total. The summed E-state index contributed by atoms with van der Waals surface area (Å²) in [6, 6.07) is 8.94. The van der Waals surface area contributed by atoms with Gasteiger partial charge in [0, 0.05) is 12.1 Å². The number of alkyl halides is 1. The highest BCUT2D eigenvalue weighted by atomic mass is 19.1. The van der Waals surface area contributed by atoms with Crippen molar-refractivity contribution in [1.29, 1.82) is 0 Å². The van der Waals surface area contributed by atoms with Crippen LogP contribution in [0, 0.1) is 11.6 Å². The summed E-state index contributed by atoms with van der Waals surface area (Å²) in [5.74, 6) is -1.61. The summed E-state index contributed by atoms with van der Waals surface area (Å²) in [5.41, 5.74) is 1.25. The predicted octanol–water partition coefficient (Wildman–Crippen LogP) is 4.07. The van der Waals surface area contributed by atoms with Crippen LogP contribution in [0.15, 0.2) is 55.0 Å². The van der Waals surface area contributed by atoms with Crippen LogP contribution < -0.4 is 5.32 Å². The first kappa shape index (κ1) is 14.4. The number of aromatic nitrogens is 1. The van der Waals surface area contributed by atoms with Crippen molar-refractivity contribution in [2.75, 3.05) is 0 Å². The van der Waals surface area contributed by atoms with Crippen molar-refractivity contribution in [3.8, 4) is 0 Å². The van der Waals surface area contributed by atoms with E-state index in [1.54, 1.807) is 24.3 Å². The molecule has 112 valence electrons. The van der Waals surface area contributed by atoms with Crippen LogP contribution >= 0.6 is 0 Å². The maximum absolute atomic E-state index is 14.0. The van der Waals surface area contributed by atoms with Crippen LogP contribution in [-0.4, -0.2) is 11.2 Å². The summed E-state index contributed by atoms with van der Waals surface area (Å²) in [6.45, 7) is 3.58. The Bertz CT molecular complexity index is 734. The number of pyridine rings is 1. The van der Waals surface area contributed by atoms with Crippen LogP contribution in [0.3, 0.4) is 0 Å². The largest absolute Gasteiger partial charge is 0.356 e. The first-order valence-electron chi connectivity index (χ1n) is 6.75. The molecular formula is C17H13F3N2. The fraction of sp³-hybridized carbons (Fsp3) is 0.118. The number of allylic oxidation sites excluding steroid dienone is 2. The Morgan fingerprint density at radius 1 is 1.09 bits per heavy atom. The first-order chi connectivity index (χ1) is 10.6. The summed E-state index contributed by atoms with van der Waals surface area (Å²) in [6.07, 6.45) is 0.554. The summed E-state index contributed by atoms with van der Waals surface area (Å²) >= 11 is 0. The Kier molecular flexibility index (Phi) is 3.71. The van der Waals surface area contributed by atoms with Crippen molar-refractivity contribution in [3.63, 3.8) is 0 Å². The fourth-order valence-corrected chi connectivity index (χ4v) is 2.48. The van der Waals surface area contributed by atoms with Crippen molar-refractivity contribution in [3.05, 3.63) is 77.8 Å². The summed E-state index contributed by atoms with van der Waals surface area (Å²) in [4.78, 5) is 3.47. The molecule has 2 aromatic rings. The highest BCUT2D eigenvalue weighted by molar-refractivity contribution is 5.92. The number of hydrogen-bond acceptors (Lipinski definition) is 2. The first-order valence-corrected chi connectivity index (χ1v) is 6.75. The minimum Gasteiger partial charge on any atom is -0.356 e. The molecule has 0 saturated heterocycles. The van der Waals surface area contributed by atoms with Crippen molar-refractivity contribution in [2.45, 2.75) is 12.6 Å². The molecule has 1 aliphatic rings. The Hall–Kier alpha value is -2.56. The van der Waals surface area contributed by atoms with E-state index in [4.69, 9.17) is 0 Å². The third-order valence-corrected chi connectivity index (χ3v) is 3.57. The highest BCUT2D eigenvalue weighted by Crippen LogP contribution is 2.36. The van der Waals surface area contributed by atoms with Gasteiger partial charge in [-0.1, -0.05) is 36.9 Å². The second-order valence-electron chi connectivity index (χ2n) is 5.02. The number of hydrogen-bond donors (Lipinski definition) is 1. The predicted molar refractivity (Wildman–Crippen MR) is 79.2 cm³/mol. The van der Waals surface area contributed by atoms with Gasteiger partial charge in [-0.3, -0.25) is 4.98 Å². The lowest BCUT2D eigenvalue weighted by Crippen LogP contribution is -2.27. The molecule has 0 spiro atoms. The molecule has 1 aromatic carbocycles. The molecule has 0 radical (unpaired) electrons. The van der Waals surface area contributed by atoms with Gasteiger partial charge in [-0.05, 0) is 11.1 Å². The number of halogens is 3. The van der Waals surface area contributed by atoms with Crippen molar-refractivity contribution < 1.29 is 13.2 Å². The zero-order valence-corrected chi connectivity index (χ0v) is 11.6. The number of nitrogens with one attached hydrogen (secondary N) is 1. The molecule has 22 heavy (non-hydrogen) atoms. The van der Waals surface area contributed by atoms with Gasteiger partial charge < -0.3 is 5.32 Å². The highest BCUT2D eigenvalue weighted by Gasteiger charge is 2.28. The van der Waals surface area contributed by atoms with E-state index in [0.717, 1.165) is 12.4 Å². The molecule has 1 aliphatic heterocycles. The molecule has 2 nitrogen and oxygen atoms in total. The molecule has 1 atom stereocenters. The monoisotopic (exact) mass is 302 g/mol. The van der Waals surface area contributed by atoms with Crippen LogP contribution in [0.25, 0.3) is 11.3 Å². The minimum absolute atomic E-state index is 0.00633. The molecule has 0 amide bonds. The van der Waals surface area contributed by atoms with Gasteiger partial charge in [-0.15, -0.1) is 0 Å². The van der Waals surface area contributed by atoms with Gasteiger partial charge >= 0.3 is 0 Å². The van der Waals surface area contributed by atoms with Gasteiger partial charge in [-0.25, -0.2) is 13.2 Å². The van der Waals surface area contributed by atoms with E-state index in [1.165, 1.54) is 0 Å². The van der Waals surface area contributed by atoms with Crippen LogP contribution in [-0.2, 0) is 0 Å². The molecule has 2 heterocycles. The van der Waals surface area contributed by atoms with E-state index in [9.17, 15) is 13.2 Å². The lowest BCUT2D eigenvalue weighted by Gasteiger charge is -2.27. The molecule has 0 fully saturated rings. The van der Waals surface area contributed by atoms with Gasteiger partial charge in [0.25, 0.3) is 0 Å². The van der Waals surface area contributed by atoms with Gasteiger partial charge in [-0.2, -0.15) is 0 Å². The molecular weight excluding hydrogens is 289 g/mol. The third-order valence-electron chi connectivity index (χ3n) is 3.57.